The predicted octanol–water partition coefficient (Wildman–Crippen LogP) is 0.0479. The third-order valence-electron chi connectivity index (χ3n) is 3.93. The van der Waals surface area contributed by atoms with Crippen molar-refractivity contribution in [2.45, 2.75) is 51.4 Å². The first-order valence-electron chi connectivity index (χ1n) is 11.6. The van der Waals surface area contributed by atoms with E-state index in [1.807, 2.05) is 0 Å². The van der Waals surface area contributed by atoms with Crippen LogP contribution in [0, 0.1) is 0 Å². The quantitative estimate of drug-likeness (QED) is 0.175. The van der Waals surface area contributed by atoms with Gasteiger partial charge in [0.25, 0.3) is 0 Å². The molecule has 0 spiro atoms. The van der Waals surface area contributed by atoms with E-state index in [0.29, 0.717) is 13.0 Å². The molecular weight excluding hydrogens is 512 g/mol. The van der Waals surface area contributed by atoms with Crippen molar-refractivity contribution >= 4 is 29.8 Å². The van der Waals surface area contributed by atoms with Crippen molar-refractivity contribution in [3.8, 4) is 0 Å². The smallest absolute Gasteiger partial charge is 0.330 e. The molecule has 0 aromatic carbocycles. The van der Waals surface area contributed by atoms with Crippen LogP contribution >= 0.6 is 0 Å². The molecule has 0 bridgehead atoms. The molecule has 2 aliphatic heterocycles. The molecule has 224 valence electrons. The van der Waals surface area contributed by atoms with E-state index in [4.69, 9.17) is 14.9 Å². The van der Waals surface area contributed by atoms with Crippen LogP contribution in [0.15, 0.2) is 12.2 Å². The lowest BCUT2D eigenvalue weighted by Crippen LogP contribution is -2.06. The zero-order valence-corrected chi connectivity index (χ0v) is 22.7. The van der Waals surface area contributed by atoms with Gasteiger partial charge < -0.3 is 44.1 Å². The first-order valence-corrected chi connectivity index (χ1v) is 11.6. The van der Waals surface area contributed by atoms with Crippen molar-refractivity contribution in [1.29, 1.82) is 0 Å². The molecule has 14 heteroatoms. The third-order valence-corrected chi connectivity index (χ3v) is 3.93. The lowest BCUT2D eigenvalue weighted by molar-refractivity contribution is -0.147. The maximum atomic E-state index is 10.4. The summed E-state index contributed by atoms with van der Waals surface area (Å²) in [5, 5.41) is 16.2. The summed E-state index contributed by atoms with van der Waals surface area (Å²) < 4.78 is 26.5. The van der Waals surface area contributed by atoms with Gasteiger partial charge in [0.05, 0.1) is 47.9 Å². The lowest BCUT2D eigenvalue weighted by Gasteiger charge is -1.96. The fourth-order valence-corrected chi connectivity index (χ4v) is 1.89. The summed E-state index contributed by atoms with van der Waals surface area (Å²) in [4.78, 5) is 51.5. The van der Waals surface area contributed by atoms with Crippen LogP contribution in [0.3, 0.4) is 0 Å². The minimum atomic E-state index is -0.578. The number of esters is 5. The van der Waals surface area contributed by atoms with Crippen molar-refractivity contribution < 1.29 is 68.1 Å². The molecule has 38 heavy (non-hydrogen) atoms. The normalized spacial score (nSPS) is 12.6. The number of carbonyl (C=O) groups is 5. The van der Waals surface area contributed by atoms with E-state index in [9.17, 15) is 24.0 Å². The molecule has 0 atom stereocenters. The molecule has 0 radical (unpaired) electrons. The second kappa shape index (κ2) is 33.9. The third kappa shape index (κ3) is 37.5. The van der Waals surface area contributed by atoms with Crippen molar-refractivity contribution in [2.75, 3.05) is 61.5 Å². The number of aliphatic hydroxyl groups excluding tert-OH is 2. The van der Waals surface area contributed by atoms with Gasteiger partial charge in [-0.05, 0) is 32.1 Å². The summed E-state index contributed by atoms with van der Waals surface area (Å²) in [7, 11) is 5.01. The minimum absolute atomic E-state index is 0. The molecule has 2 fully saturated rings. The van der Waals surface area contributed by atoms with Gasteiger partial charge in [-0.1, -0.05) is 0 Å². The van der Waals surface area contributed by atoms with E-state index in [1.165, 1.54) is 41.3 Å². The van der Waals surface area contributed by atoms with Crippen molar-refractivity contribution in [2.24, 2.45) is 0 Å². The van der Waals surface area contributed by atoms with Crippen molar-refractivity contribution in [1.82, 2.24) is 0 Å². The van der Waals surface area contributed by atoms with Gasteiger partial charge in [0, 0.05) is 45.0 Å². The second-order valence-electron chi connectivity index (χ2n) is 6.83. The Morgan fingerprint density at radius 3 is 1.34 bits per heavy atom. The first kappa shape index (κ1) is 42.0. The molecule has 14 nitrogen and oxygen atoms in total. The number of cyclic esters (lactones) is 1. The second-order valence-corrected chi connectivity index (χ2v) is 6.83. The summed E-state index contributed by atoms with van der Waals surface area (Å²) in [5.41, 5.74) is 0. The van der Waals surface area contributed by atoms with Crippen LogP contribution in [0.25, 0.3) is 0 Å². The molecule has 0 aliphatic carbocycles. The Bertz CT molecular complexity index is 576. The highest BCUT2D eigenvalue weighted by molar-refractivity contribution is 5.91. The number of aliphatic hydroxyl groups is 2. The van der Waals surface area contributed by atoms with Crippen molar-refractivity contribution in [3.05, 3.63) is 12.2 Å². The summed E-state index contributed by atoms with van der Waals surface area (Å²) in [6.45, 7) is 3.03. The number of methoxy groups -OCH3 is 4. The van der Waals surface area contributed by atoms with Gasteiger partial charge in [0.15, 0.2) is 0 Å². The topological polar surface area (TPSA) is 213 Å². The SMILES string of the molecule is C1CCOC1.COC(=O)/C=C\C(=O)OC.COC(=O)CCC(=O)OC.O.O=C1CCCO1.OCCCCO. The maximum Gasteiger partial charge on any atom is 0.330 e. The first-order chi connectivity index (χ1) is 17.7. The van der Waals surface area contributed by atoms with E-state index >= 15 is 0 Å². The molecule has 0 aromatic heterocycles. The Labute approximate surface area is 223 Å². The minimum Gasteiger partial charge on any atom is -0.469 e. The Kier molecular flexibility index (Phi) is 37.5. The van der Waals surface area contributed by atoms with Crippen LogP contribution in [0.4, 0.5) is 0 Å². The lowest BCUT2D eigenvalue weighted by atomic mass is 10.3. The zero-order chi connectivity index (χ0) is 28.7. The monoisotopic (exact) mass is 556 g/mol. The number of hydrogen-bond donors (Lipinski definition) is 2. The molecule has 2 rings (SSSR count). The van der Waals surface area contributed by atoms with Crippen LogP contribution in [-0.2, 0) is 52.4 Å². The standard InChI is InChI=1S/C6H10O4.C6H8O4.C4H6O2.C4H10O2.C4H8O.H2O/c2*1-9-5(7)3-4-6(8)10-2;5-4-2-1-3-6-4;5-3-1-2-4-6;1-2-4-5-3-1;/h3-4H2,1-2H3;3-4H,1-2H3;1-3H2;5-6H,1-4H2;1-4H2;1H2/b;4-3-;;;;. The summed E-state index contributed by atoms with van der Waals surface area (Å²) in [6, 6.07) is 0. The highest BCUT2D eigenvalue weighted by atomic mass is 16.5. The van der Waals surface area contributed by atoms with Crippen LogP contribution in [0.5, 0.6) is 0 Å². The fourth-order valence-electron chi connectivity index (χ4n) is 1.89. The zero-order valence-electron chi connectivity index (χ0n) is 22.7. The van der Waals surface area contributed by atoms with Crippen molar-refractivity contribution in [3.63, 3.8) is 0 Å². The van der Waals surface area contributed by atoms with Crippen LogP contribution in [0.2, 0.25) is 0 Å². The van der Waals surface area contributed by atoms with E-state index in [0.717, 1.165) is 44.6 Å². The summed E-state index contributed by atoms with van der Waals surface area (Å²) in [5.74, 6) is -2.00. The van der Waals surface area contributed by atoms with Crippen LogP contribution in [-0.4, -0.2) is 107 Å². The molecular formula is C24H44O14. The fraction of sp³-hybridized carbons (Fsp3) is 0.708. The van der Waals surface area contributed by atoms with Gasteiger partial charge in [-0.15, -0.1) is 0 Å². The highest BCUT2D eigenvalue weighted by Gasteiger charge is 2.08. The van der Waals surface area contributed by atoms with E-state index < -0.39 is 23.9 Å². The largest absolute Gasteiger partial charge is 0.469 e. The number of ether oxygens (including phenoxy) is 6. The van der Waals surface area contributed by atoms with Gasteiger partial charge in [-0.3, -0.25) is 14.4 Å². The average Bonchev–Trinajstić information content (AvgIpc) is 3.67. The van der Waals surface area contributed by atoms with E-state index in [2.05, 4.69) is 23.7 Å². The molecule has 2 saturated heterocycles. The van der Waals surface area contributed by atoms with Crippen LogP contribution < -0.4 is 0 Å². The predicted molar refractivity (Wildman–Crippen MR) is 134 cm³/mol. The summed E-state index contributed by atoms with van der Waals surface area (Å²) >= 11 is 0. The number of carbonyl (C=O) groups excluding carboxylic acids is 5. The number of hydrogen-bond acceptors (Lipinski definition) is 13. The Hall–Kier alpha value is -3.07. The van der Waals surface area contributed by atoms with Gasteiger partial charge >= 0.3 is 29.8 Å². The van der Waals surface area contributed by atoms with Crippen LogP contribution in [0.1, 0.15) is 51.4 Å². The van der Waals surface area contributed by atoms with E-state index in [-0.39, 0.29) is 37.5 Å². The van der Waals surface area contributed by atoms with Gasteiger partial charge in [-0.25, -0.2) is 9.59 Å². The maximum absolute atomic E-state index is 10.4. The average molecular weight is 557 g/mol. The molecule has 0 aromatic rings. The van der Waals surface area contributed by atoms with E-state index in [1.54, 1.807) is 0 Å². The molecule has 0 saturated carbocycles. The molecule has 4 N–H and O–H groups in total. The molecule has 2 heterocycles. The Balaban J connectivity index is -0.000000193. The molecule has 2 aliphatic rings. The van der Waals surface area contributed by atoms with Gasteiger partial charge in [0.2, 0.25) is 0 Å². The highest BCUT2D eigenvalue weighted by Crippen LogP contribution is 2.01. The molecule has 0 unspecified atom stereocenters. The van der Waals surface area contributed by atoms with Gasteiger partial charge in [-0.2, -0.15) is 0 Å². The number of rotatable bonds is 8. The summed E-state index contributed by atoms with van der Waals surface area (Å²) in [6.07, 6.45) is 7.69. The Morgan fingerprint density at radius 2 is 1.16 bits per heavy atom. The number of unbranched alkanes of at least 4 members (excludes halogenated alkanes) is 1. The molecule has 0 amide bonds. The van der Waals surface area contributed by atoms with Gasteiger partial charge in [0.1, 0.15) is 0 Å². The Morgan fingerprint density at radius 1 is 0.737 bits per heavy atom.